The number of rotatable bonds is 4. The van der Waals surface area contributed by atoms with Gasteiger partial charge in [0.2, 0.25) is 0 Å². The van der Waals surface area contributed by atoms with Crippen LogP contribution in [0.25, 0.3) is 27.5 Å². The number of carboxylic acids is 1. The Morgan fingerprint density at radius 3 is 2.32 bits per heavy atom. The molecular weight excluding hydrogens is 334 g/mol. The number of hydrogen-bond donors (Lipinski definition) is 1. The molecule has 2 aromatic carbocycles. The van der Waals surface area contributed by atoms with Crippen LogP contribution >= 0.6 is 11.3 Å². The number of aromatic carboxylic acids is 1. The fourth-order valence-corrected chi connectivity index (χ4v) is 3.35. The molecule has 4 rings (SSSR count). The molecule has 0 unspecified atom stereocenters. The van der Waals surface area contributed by atoms with Crippen molar-refractivity contribution in [3.63, 3.8) is 0 Å². The zero-order chi connectivity index (χ0) is 17.2. The summed E-state index contributed by atoms with van der Waals surface area (Å²) >= 11 is 1.30. The molecule has 25 heavy (non-hydrogen) atoms. The highest BCUT2D eigenvalue weighted by Gasteiger charge is 2.18. The smallest absolute Gasteiger partial charge is 0.355 e. The highest BCUT2D eigenvalue weighted by molar-refractivity contribution is 7.13. The van der Waals surface area contributed by atoms with Crippen LogP contribution in [0.4, 0.5) is 0 Å². The summed E-state index contributed by atoms with van der Waals surface area (Å²) < 4.78 is 1.79. The molecule has 0 atom stereocenters. The molecule has 0 amide bonds. The van der Waals surface area contributed by atoms with Crippen LogP contribution in [0.2, 0.25) is 0 Å². The Morgan fingerprint density at radius 1 is 1.00 bits per heavy atom. The summed E-state index contributed by atoms with van der Waals surface area (Å²) in [5.74, 6) is -1.03. The van der Waals surface area contributed by atoms with E-state index in [1.165, 1.54) is 11.3 Å². The standard InChI is InChI=1S/C19H13N3O2S/c23-19(24)16-12-25-18(20-16)15-11-22(14-9-5-2-6-10-14)21-17(15)13-7-3-1-4-8-13/h1-12H,(H,23,24). The fraction of sp³-hybridized carbons (Fsp3) is 0. The van der Waals surface area contributed by atoms with Gasteiger partial charge >= 0.3 is 5.97 Å². The van der Waals surface area contributed by atoms with E-state index < -0.39 is 5.97 Å². The summed E-state index contributed by atoms with van der Waals surface area (Å²) in [4.78, 5) is 15.4. The van der Waals surface area contributed by atoms with Crippen molar-refractivity contribution in [2.24, 2.45) is 0 Å². The maximum Gasteiger partial charge on any atom is 0.355 e. The largest absolute Gasteiger partial charge is 0.476 e. The second kappa shape index (κ2) is 6.33. The first-order valence-corrected chi connectivity index (χ1v) is 8.50. The molecular formula is C19H13N3O2S. The molecule has 0 fully saturated rings. The topological polar surface area (TPSA) is 68.0 Å². The quantitative estimate of drug-likeness (QED) is 0.595. The lowest BCUT2D eigenvalue weighted by atomic mass is 10.1. The number of nitrogens with zero attached hydrogens (tertiary/aromatic N) is 3. The van der Waals surface area contributed by atoms with E-state index in [1.807, 2.05) is 66.9 Å². The number of carboxylic acid groups (broad SMARTS) is 1. The van der Waals surface area contributed by atoms with Gasteiger partial charge in [0.05, 0.1) is 11.3 Å². The molecule has 0 saturated carbocycles. The normalized spacial score (nSPS) is 10.7. The molecule has 1 N–H and O–H groups in total. The maximum absolute atomic E-state index is 11.2. The van der Waals surface area contributed by atoms with E-state index in [2.05, 4.69) is 4.98 Å². The molecule has 2 heterocycles. The van der Waals surface area contributed by atoms with Crippen molar-refractivity contribution in [2.75, 3.05) is 0 Å². The molecule has 0 aliphatic rings. The lowest BCUT2D eigenvalue weighted by Crippen LogP contribution is -1.95. The number of hydrogen-bond acceptors (Lipinski definition) is 4. The first kappa shape index (κ1) is 15.3. The van der Waals surface area contributed by atoms with Crippen LogP contribution in [0.15, 0.2) is 72.2 Å². The Labute approximate surface area is 147 Å². The number of thiazole rings is 1. The molecule has 6 heteroatoms. The highest BCUT2D eigenvalue weighted by Crippen LogP contribution is 2.33. The molecule has 0 radical (unpaired) electrons. The third-order valence-electron chi connectivity index (χ3n) is 3.74. The minimum absolute atomic E-state index is 0.0477. The van der Waals surface area contributed by atoms with Gasteiger partial charge in [-0.15, -0.1) is 11.3 Å². The summed E-state index contributed by atoms with van der Waals surface area (Å²) in [5.41, 5.74) is 3.52. The van der Waals surface area contributed by atoms with Crippen molar-refractivity contribution in [1.82, 2.24) is 14.8 Å². The molecule has 0 aliphatic heterocycles. The maximum atomic E-state index is 11.2. The van der Waals surface area contributed by atoms with Crippen LogP contribution < -0.4 is 0 Å². The van der Waals surface area contributed by atoms with E-state index in [4.69, 9.17) is 10.2 Å². The summed E-state index contributed by atoms with van der Waals surface area (Å²) in [5, 5.41) is 16.0. The van der Waals surface area contributed by atoms with Gasteiger partial charge in [-0.1, -0.05) is 48.5 Å². The molecule has 0 bridgehead atoms. The van der Waals surface area contributed by atoms with E-state index in [9.17, 15) is 4.79 Å². The predicted octanol–water partition coefficient (Wildman–Crippen LogP) is 4.36. The Morgan fingerprint density at radius 2 is 1.68 bits per heavy atom. The first-order chi connectivity index (χ1) is 12.2. The Kier molecular flexibility index (Phi) is 3.87. The van der Waals surface area contributed by atoms with Crippen molar-refractivity contribution >= 4 is 17.3 Å². The molecule has 0 aliphatic carbocycles. The predicted molar refractivity (Wildman–Crippen MR) is 97.1 cm³/mol. The Hall–Kier alpha value is -3.25. The SMILES string of the molecule is O=C(O)c1csc(-c2cn(-c3ccccc3)nc2-c2ccccc2)n1. The van der Waals surface area contributed by atoms with Crippen LogP contribution in [0, 0.1) is 0 Å². The fourth-order valence-electron chi connectivity index (χ4n) is 2.55. The zero-order valence-corrected chi connectivity index (χ0v) is 13.9. The molecule has 0 saturated heterocycles. The summed E-state index contributed by atoms with van der Waals surface area (Å²) in [6.45, 7) is 0. The van der Waals surface area contributed by atoms with E-state index in [-0.39, 0.29) is 5.69 Å². The van der Waals surface area contributed by atoms with E-state index in [0.29, 0.717) is 5.01 Å². The van der Waals surface area contributed by atoms with Crippen LogP contribution in [0.5, 0.6) is 0 Å². The first-order valence-electron chi connectivity index (χ1n) is 7.62. The van der Waals surface area contributed by atoms with E-state index in [0.717, 1.165) is 22.5 Å². The zero-order valence-electron chi connectivity index (χ0n) is 13.0. The third-order valence-corrected chi connectivity index (χ3v) is 4.61. The van der Waals surface area contributed by atoms with Crippen molar-refractivity contribution in [3.05, 3.63) is 77.9 Å². The summed E-state index contributed by atoms with van der Waals surface area (Å²) in [6, 6.07) is 19.6. The Bertz CT molecular complexity index is 1020. The lowest BCUT2D eigenvalue weighted by Gasteiger charge is -2.00. The molecule has 4 aromatic rings. The highest BCUT2D eigenvalue weighted by atomic mass is 32.1. The number of benzene rings is 2. The van der Waals surface area contributed by atoms with Crippen LogP contribution in [-0.2, 0) is 0 Å². The minimum atomic E-state index is -1.03. The van der Waals surface area contributed by atoms with Gasteiger partial charge in [0, 0.05) is 17.1 Å². The molecule has 2 aromatic heterocycles. The minimum Gasteiger partial charge on any atom is -0.476 e. The number of carbonyl (C=O) groups is 1. The van der Waals surface area contributed by atoms with E-state index in [1.54, 1.807) is 10.1 Å². The number of aromatic nitrogens is 3. The number of para-hydroxylation sites is 1. The van der Waals surface area contributed by atoms with Gasteiger partial charge in [0.25, 0.3) is 0 Å². The van der Waals surface area contributed by atoms with Gasteiger partial charge in [-0.25, -0.2) is 14.5 Å². The second-order valence-electron chi connectivity index (χ2n) is 5.38. The van der Waals surface area contributed by atoms with Gasteiger partial charge in [-0.2, -0.15) is 5.10 Å². The Balaban J connectivity index is 1.89. The van der Waals surface area contributed by atoms with Crippen molar-refractivity contribution in [3.8, 4) is 27.5 Å². The molecule has 122 valence electrons. The van der Waals surface area contributed by atoms with Gasteiger partial charge in [0.1, 0.15) is 10.7 Å². The van der Waals surface area contributed by atoms with Gasteiger partial charge in [-0.3, -0.25) is 0 Å². The van der Waals surface area contributed by atoms with Crippen LogP contribution in [0.3, 0.4) is 0 Å². The molecule has 5 nitrogen and oxygen atoms in total. The van der Waals surface area contributed by atoms with Crippen LogP contribution in [0.1, 0.15) is 10.5 Å². The van der Waals surface area contributed by atoms with Gasteiger partial charge in [0.15, 0.2) is 5.69 Å². The molecule has 0 spiro atoms. The second-order valence-corrected chi connectivity index (χ2v) is 6.24. The third kappa shape index (κ3) is 2.95. The average molecular weight is 347 g/mol. The van der Waals surface area contributed by atoms with Gasteiger partial charge < -0.3 is 5.11 Å². The monoisotopic (exact) mass is 347 g/mol. The lowest BCUT2D eigenvalue weighted by molar-refractivity contribution is 0.0691. The van der Waals surface area contributed by atoms with Crippen molar-refractivity contribution in [2.45, 2.75) is 0 Å². The van der Waals surface area contributed by atoms with Crippen molar-refractivity contribution in [1.29, 1.82) is 0 Å². The van der Waals surface area contributed by atoms with Crippen LogP contribution in [-0.4, -0.2) is 25.8 Å². The van der Waals surface area contributed by atoms with Crippen molar-refractivity contribution < 1.29 is 9.90 Å². The summed E-state index contributed by atoms with van der Waals surface area (Å²) in [7, 11) is 0. The average Bonchev–Trinajstić information content (AvgIpc) is 3.30. The van der Waals surface area contributed by atoms with Gasteiger partial charge in [-0.05, 0) is 12.1 Å². The summed E-state index contributed by atoms with van der Waals surface area (Å²) in [6.07, 6.45) is 1.89. The van der Waals surface area contributed by atoms with E-state index >= 15 is 0 Å².